The first kappa shape index (κ1) is 25.6. The van der Waals surface area contributed by atoms with Crippen LogP contribution in [-0.2, 0) is 4.79 Å². The highest BCUT2D eigenvalue weighted by molar-refractivity contribution is 6.39. The van der Waals surface area contributed by atoms with Crippen molar-refractivity contribution in [3.8, 4) is 0 Å². The van der Waals surface area contributed by atoms with Crippen LogP contribution in [-0.4, -0.2) is 54.3 Å². The lowest BCUT2D eigenvalue weighted by atomic mass is 10.0. The molecular weight excluding hydrogens is 493 g/mol. The zero-order valence-corrected chi connectivity index (χ0v) is 22.4. The van der Waals surface area contributed by atoms with Crippen molar-refractivity contribution in [1.29, 1.82) is 0 Å². The van der Waals surface area contributed by atoms with Gasteiger partial charge in [-0.15, -0.1) is 0 Å². The Morgan fingerprint density at radius 3 is 2.19 bits per heavy atom. The number of nitrogens with zero attached hydrogens (tertiary/aromatic N) is 2. The molecule has 192 valence electrons. The molecule has 2 saturated heterocycles. The Bertz CT molecular complexity index is 1070. The lowest BCUT2D eigenvalue weighted by Gasteiger charge is -2.26. The van der Waals surface area contributed by atoms with E-state index in [4.69, 9.17) is 23.2 Å². The van der Waals surface area contributed by atoms with E-state index in [0.29, 0.717) is 27.4 Å². The fourth-order valence-electron chi connectivity index (χ4n) is 6.30. The van der Waals surface area contributed by atoms with Crippen LogP contribution < -0.4 is 5.32 Å². The first-order valence-electron chi connectivity index (χ1n) is 13.2. The Labute approximate surface area is 224 Å². The van der Waals surface area contributed by atoms with Crippen LogP contribution in [0.3, 0.4) is 0 Å². The lowest BCUT2D eigenvalue weighted by Crippen LogP contribution is -2.36. The van der Waals surface area contributed by atoms with Gasteiger partial charge in [-0.05, 0) is 61.3 Å². The summed E-state index contributed by atoms with van der Waals surface area (Å²) in [4.78, 5) is 30.5. The van der Waals surface area contributed by atoms with Crippen molar-refractivity contribution in [2.75, 3.05) is 32.7 Å². The predicted molar refractivity (Wildman–Crippen MR) is 144 cm³/mol. The monoisotopic (exact) mass is 527 g/mol. The van der Waals surface area contributed by atoms with Gasteiger partial charge in [0.25, 0.3) is 5.91 Å². The molecular formula is C29H35Cl2N3O2. The third-order valence-corrected chi connectivity index (χ3v) is 8.82. The maximum Gasteiger partial charge on any atom is 0.256 e. The summed E-state index contributed by atoms with van der Waals surface area (Å²) in [5.41, 5.74) is 2.54. The van der Waals surface area contributed by atoms with Crippen LogP contribution >= 0.6 is 23.2 Å². The van der Waals surface area contributed by atoms with Crippen molar-refractivity contribution >= 4 is 35.0 Å². The van der Waals surface area contributed by atoms with E-state index in [9.17, 15) is 9.59 Å². The minimum Gasteiger partial charge on any atom is -0.349 e. The number of nitrogens with one attached hydrogen (secondary N) is 1. The van der Waals surface area contributed by atoms with Gasteiger partial charge in [0.1, 0.15) is 0 Å². The van der Waals surface area contributed by atoms with Gasteiger partial charge in [0.15, 0.2) is 0 Å². The van der Waals surface area contributed by atoms with E-state index in [1.165, 1.54) is 5.56 Å². The standard InChI is InChI=1S/C29H35Cl2N3O2/c1-19-13-24(30)27(25(31)14-19)29(36)34-17-22-15-33(16-23(22)18-34)12-11-26(20-7-3-2-4-8-20)32-28(35)21-9-5-6-10-21/h2-4,7-8,13-14,21-23,26H,5-6,9-12,15-18H2,1H3,(H,32,35)/t22?,23?,26-/m0/s1. The maximum atomic E-state index is 13.2. The van der Waals surface area contributed by atoms with Crippen molar-refractivity contribution in [2.45, 2.75) is 45.1 Å². The topological polar surface area (TPSA) is 52.7 Å². The van der Waals surface area contributed by atoms with E-state index in [-0.39, 0.29) is 23.8 Å². The van der Waals surface area contributed by atoms with E-state index in [1.54, 1.807) is 12.1 Å². The molecule has 36 heavy (non-hydrogen) atoms. The van der Waals surface area contributed by atoms with E-state index in [0.717, 1.165) is 70.4 Å². The summed E-state index contributed by atoms with van der Waals surface area (Å²) in [5.74, 6) is 1.23. The molecule has 2 aliphatic heterocycles. The second-order valence-electron chi connectivity index (χ2n) is 10.8. The molecule has 3 fully saturated rings. The molecule has 2 unspecified atom stereocenters. The number of rotatable bonds is 7. The van der Waals surface area contributed by atoms with E-state index >= 15 is 0 Å². The van der Waals surface area contributed by atoms with Crippen LogP contribution in [0.15, 0.2) is 42.5 Å². The number of fused-ring (bicyclic) bond motifs is 1. The summed E-state index contributed by atoms with van der Waals surface area (Å²) in [6.45, 7) is 6.27. The van der Waals surface area contributed by atoms with Crippen LogP contribution in [0.4, 0.5) is 0 Å². The minimum atomic E-state index is -0.0651. The smallest absolute Gasteiger partial charge is 0.256 e. The highest BCUT2D eigenvalue weighted by atomic mass is 35.5. The molecule has 1 saturated carbocycles. The second kappa shape index (κ2) is 11.1. The van der Waals surface area contributed by atoms with Crippen molar-refractivity contribution in [1.82, 2.24) is 15.1 Å². The lowest BCUT2D eigenvalue weighted by molar-refractivity contribution is -0.125. The van der Waals surface area contributed by atoms with Gasteiger partial charge in [0, 0.05) is 38.6 Å². The predicted octanol–water partition coefficient (Wildman–Crippen LogP) is 5.74. The fraction of sp³-hybridized carbons (Fsp3) is 0.517. The van der Waals surface area contributed by atoms with Crippen LogP contribution in [0, 0.1) is 24.7 Å². The van der Waals surface area contributed by atoms with Gasteiger partial charge in [-0.2, -0.15) is 0 Å². The Morgan fingerprint density at radius 1 is 0.972 bits per heavy atom. The molecule has 7 heteroatoms. The summed E-state index contributed by atoms with van der Waals surface area (Å²) in [7, 11) is 0. The maximum absolute atomic E-state index is 13.2. The van der Waals surface area contributed by atoms with E-state index in [2.05, 4.69) is 22.3 Å². The molecule has 0 spiro atoms. The van der Waals surface area contributed by atoms with Gasteiger partial charge in [-0.25, -0.2) is 0 Å². The molecule has 2 aromatic rings. The molecule has 5 rings (SSSR count). The zero-order valence-electron chi connectivity index (χ0n) is 20.9. The van der Waals surface area contributed by atoms with E-state index in [1.807, 2.05) is 30.0 Å². The zero-order chi connectivity index (χ0) is 25.2. The molecule has 2 amide bonds. The molecule has 0 aromatic heterocycles. The van der Waals surface area contributed by atoms with Crippen molar-refractivity contribution in [3.63, 3.8) is 0 Å². The number of likely N-dealkylation sites (tertiary alicyclic amines) is 2. The average Bonchev–Trinajstić information content (AvgIpc) is 3.58. The SMILES string of the molecule is Cc1cc(Cl)c(C(=O)N2CC3CN(CC[C@H](NC(=O)C4CCCC4)c4ccccc4)CC3C2)c(Cl)c1. The van der Waals surface area contributed by atoms with Gasteiger partial charge >= 0.3 is 0 Å². The Morgan fingerprint density at radius 2 is 1.58 bits per heavy atom. The Kier molecular flexibility index (Phi) is 7.90. The molecule has 3 aliphatic rings. The fourth-order valence-corrected chi connectivity index (χ4v) is 7.06. The van der Waals surface area contributed by atoms with E-state index < -0.39 is 0 Å². The summed E-state index contributed by atoms with van der Waals surface area (Å²) < 4.78 is 0. The number of hydrogen-bond donors (Lipinski definition) is 1. The molecule has 2 aromatic carbocycles. The number of carbonyl (C=O) groups excluding carboxylic acids is 2. The number of carbonyl (C=O) groups is 2. The van der Waals surface area contributed by atoms with Gasteiger partial charge < -0.3 is 15.1 Å². The molecule has 0 radical (unpaired) electrons. The van der Waals surface area contributed by atoms with Crippen molar-refractivity contribution < 1.29 is 9.59 Å². The summed E-state index contributed by atoms with van der Waals surface area (Å²) in [6.07, 6.45) is 5.23. The van der Waals surface area contributed by atoms with Crippen molar-refractivity contribution in [3.05, 3.63) is 69.2 Å². The minimum absolute atomic E-state index is 0.0311. The van der Waals surface area contributed by atoms with Crippen molar-refractivity contribution in [2.24, 2.45) is 17.8 Å². The first-order valence-corrected chi connectivity index (χ1v) is 14.0. The summed E-state index contributed by atoms with van der Waals surface area (Å²) in [6, 6.07) is 14.0. The molecule has 1 N–H and O–H groups in total. The second-order valence-corrected chi connectivity index (χ2v) is 11.6. The summed E-state index contributed by atoms with van der Waals surface area (Å²) >= 11 is 12.8. The molecule has 3 atom stereocenters. The Hall–Kier alpha value is -2.08. The molecule has 2 heterocycles. The highest BCUT2D eigenvalue weighted by Gasteiger charge is 2.42. The molecule has 0 bridgehead atoms. The largest absolute Gasteiger partial charge is 0.349 e. The third-order valence-electron chi connectivity index (χ3n) is 8.23. The number of halogens is 2. The number of amides is 2. The summed E-state index contributed by atoms with van der Waals surface area (Å²) in [5, 5.41) is 4.21. The van der Waals surface area contributed by atoms with Crippen LogP contribution in [0.2, 0.25) is 10.0 Å². The van der Waals surface area contributed by atoms with Crippen LogP contribution in [0.1, 0.15) is 59.6 Å². The number of hydrogen-bond acceptors (Lipinski definition) is 3. The van der Waals surface area contributed by atoms with Gasteiger partial charge in [0.05, 0.1) is 21.7 Å². The molecule has 5 nitrogen and oxygen atoms in total. The van der Waals surface area contributed by atoms with Gasteiger partial charge in [0.2, 0.25) is 5.91 Å². The van der Waals surface area contributed by atoms with Crippen LogP contribution in [0.25, 0.3) is 0 Å². The Balaban J connectivity index is 1.17. The number of aryl methyl sites for hydroxylation is 1. The van der Waals surface area contributed by atoms with Gasteiger partial charge in [-0.3, -0.25) is 9.59 Å². The normalized spacial score (nSPS) is 23.1. The first-order chi connectivity index (χ1) is 17.4. The number of benzene rings is 2. The highest BCUT2D eigenvalue weighted by Crippen LogP contribution is 2.35. The molecule has 1 aliphatic carbocycles. The quantitative estimate of drug-likeness (QED) is 0.499. The average molecular weight is 529 g/mol. The van der Waals surface area contributed by atoms with Gasteiger partial charge in [-0.1, -0.05) is 66.4 Å². The third kappa shape index (κ3) is 5.58. The van der Waals surface area contributed by atoms with Crippen LogP contribution in [0.5, 0.6) is 0 Å².